The summed E-state index contributed by atoms with van der Waals surface area (Å²) in [5, 5.41) is 0. The molecule has 74 valence electrons. The maximum absolute atomic E-state index is 5.07. The van der Waals surface area contributed by atoms with E-state index < -0.39 is 0 Å². The molecule has 0 unspecified atom stereocenters. The van der Waals surface area contributed by atoms with Crippen LogP contribution in [0.3, 0.4) is 0 Å². The van der Waals surface area contributed by atoms with Crippen molar-refractivity contribution in [1.29, 1.82) is 0 Å². The van der Waals surface area contributed by atoms with Gasteiger partial charge in [0.05, 0.1) is 11.0 Å². The minimum atomic E-state index is 0.544. The highest BCUT2D eigenvalue weighted by atomic mass is 79.9. The molecule has 0 saturated carbocycles. The maximum atomic E-state index is 5.07. The monoisotopic (exact) mass is 254 g/mol. The predicted octanol–water partition coefficient (Wildman–Crippen LogP) is 2.48. The number of halogens is 1. The zero-order valence-corrected chi connectivity index (χ0v) is 9.71. The summed E-state index contributed by atoms with van der Waals surface area (Å²) in [4.78, 5) is 4.46. The molecule has 2 aromatic rings. The van der Waals surface area contributed by atoms with Gasteiger partial charge < -0.3 is 9.30 Å². The molecule has 0 spiro atoms. The molecular formula is C10H11BrN2O. The van der Waals surface area contributed by atoms with Crippen LogP contribution < -0.4 is 0 Å². The predicted molar refractivity (Wildman–Crippen MR) is 59.1 cm³/mol. The molecule has 0 saturated heterocycles. The van der Waals surface area contributed by atoms with Gasteiger partial charge in [-0.1, -0.05) is 15.9 Å². The highest BCUT2D eigenvalue weighted by molar-refractivity contribution is 9.10. The second-order valence-electron chi connectivity index (χ2n) is 3.15. The van der Waals surface area contributed by atoms with Crippen LogP contribution in [0.2, 0.25) is 0 Å². The lowest BCUT2D eigenvalue weighted by atomic mass is 10.3. The molecule has 0 fully saturated rings. The van der Waals surface area contributed by atoms with Crippen LogP contribution in [0.25, 0.3) is 11.0 Å². The fourth-order valence-electron chi connectivity index (χ4n) is 1.47. The molecule has 1 aromatic carbocycles. The van der Waals surface area contributed by atoms with Crippen molar-refractivity contribution >= 4 is 27.0 Å². The van der Waals surface area contributed by atoms with Crippen molar-refractivity contribution in [2.75, 3.05) is 7.11 Å². The lowest BCUT2D eigenvalue weighted by molar-refractivity contribution is 0.176. The molecule has 14 heavy (non-hydrogen) atoms. The van der Waals surface area contributed by atoms with E-state index in [4.69, 9.17) is 4.74 Å². The van der Waals surface area contributed by atoms with Gasteiger partial charge in [-0.2, -0.15) is 0 Å². The molecule has 0 bridgehead atoms. The maximum Gasteiger partial charge on any atom is 0.135 e. The van der Waals surface area contributed by atoms with Crippen molar-refractivity contribution < 1.29 is 4.74 Å². The second kappa shape index (κ2) is 3.71. The van der Waals surface area contributed by atoms with Gasteiger partial charge in [0.15, 0.2) is 0 Å². The standard InChI is InChI=1S/C10H11BrN2O/c1-13-9-5-7(11)3-4-8(9)12-10(13)6-14-2/h3-5H,6H2,1-2H3. The summed E-state index contributed by atoms with van der Waals surface area (Å²) >= 11 is 3.44. The minimum absolute atomic E-state index is 0.544. The molecule has 0 aliphatic heterocycles. The normalized spacial score (nSPS) is 11.1. The van der Waals surface area contributed by atoms with Gasteiger partial charge in [-0.3, -0.25) is 0 Å². The largest absolute Gasteiger partial charge is 0.377 e. The minimum Gasteiger partial charge on any atom is -0.377 e. The van der Waals surface area contributed by atoms with Crippen LogP contribution in [-0.4, -0.2) is 16.7 Å². The van der Waals surface area contributed by atoms with Crippen LogP contribution in [0.15, 0.2) is 22.7 Å². The summed E-state index contributed by atoms with van der Waals surface area (Å²) < 4.78 is 8.19. The van der Waals surface area contributed by atoms with E-state index in [0.717, 1.165) is 21.3 Å². The zero-order chi connectivity index (χ0) is 10.1. The highest BCUT2D eigenvalue weighted by Gasteiger charge is 2.06. The highest BCUT2D eigenvalue weighted by Crippen LogP contribution is 2.20. The van der Waals surface area contributed by atoms with E-state index in [1.807, 2.05) is 23.7 Å². The third-order valence-corrected chi connectivity index (χ3v) is 2.70. The fourth-order valence-corrected chi connectivity index (χ4v) is 1.82. The number of ether oxygens (including phenoxy) is 1. The summed E-state index contributed by atoms with van der Waals surface area (Å²) in [6.07, 6.45) is 0. The summed E-state index contributed by atoms with van der Waals surface area (Å²) in [7, 11) is 3.67. The van der Waals surface area contributed by atoms with Crippen molar-refractivity contribution in [2.45, 2.75) is 6.61 Å². The van der Waals surface area contributed by atoms with Crippen LogP contribution in [-0.2, 0) is 18.4 Å². The quantitative estimate of drug-likeness (QED) is 0.824. The Morgan fingerprint density at radius 3 is 3.00 bits per heavy atom. The van der Waals surface area contributed by atoms with E-state index in [1.165, 1.54) is 0 Å². The van der Waals surface area contributed by atoms with Crippen molar-refractivity contribution in [3.05, 3.63) is 28.5 Å². The van der Waals surface area contributed by atoms with Gasteiger partial charge in [-0.25, -0.2) is 4.98 Å². The Hall–Kier alpha value is -0.870. The number of rotatable bonds is 2. The Labute approximate surface area is 90.8 Å². The SMILES string of the molecule is COCc1nc2ccc(Br)cc2n1C. The second-order valence-corrected chi connectivity index (χ2v) is 4.07. The van der Waals surface area contributed by atoms with Crippen LogP contribution in [0.1, 0.15) is 5.82 Å². The number of nitrogens with zero attached hydrogens (tertiary/aromatic N) is 2. The van der Waals surface area contributed by atoms with Gasteiger partial charge in [0.25, 0.3) is 0 Å². The van der Waals surface area contributed by atoms with E-state index in [2.05, 4.69) is 27.0 Å². The molecule has 0 aliphatic rings. The number of methoxy groups -OCH3 is 1. The molecule has 1 aromatic heterocycles. The van der Waals surface area contributed by atoms with Crippen molar-refractivity contribution in [3.8, 4) is 0 Å². The number of aryl methyl sites for hydroxylation is 1. The number of hydrogen-bond donors (Lipinski definition) is 0. The Morgan fingerprint density at radius 2 is 2.29 bits per heavy atom. The average molecular weight is 255 g/mol. The molecule has 0 radical (unpaired) electrons. The molecular weight excluding hydrogens is 244 g/mol. The van der Waals surface area contributed by atoms with Gasteiger partial charge in [0.1, 0.15) is 12.4 Å². The van der Waals surface area contributed by atoms with Crippen LogP contribution in [0, 0.1) is 0 Å². The number of hydrogen-bond acceptors (Lipinski definition) is 2. The zero-order valence-electron chi connectivity index (χ0n) is 8.12. The first-order valence-electron chi connectivity index (χ1n) is 4.32. The lowest BCUT2D eigenvalue weighted by Crippen LogP contribution is -1.98. The summed E-state index contributed by atoms with van der Waals surface area (Å²) in [5.74, 6) is 0.945. The van der Waals surface area contributed by atoms with E-state index >= 15 is 0 Å². The molecule has 0 atom stereocenters. The molecule has 1 heterocycles. The van der Waals surface area contributed by atoms with E-state index in [-0.39, 0.29) is 0 Å². The third-order valence-electron chi connectivity index (χ3n) is 2.21. The molecule has 3 nitrogen and oxygen atoms in total. The Kier molecular flexibility index (Phi) is 2.56. The first-order valence-corrected chi connectivity index (χ1v) is 5.11. The Balaban J connectivity index is 2.62. The molecule has 0 aliphatic carbocycles. The van der Waals surface area contributed by atoms with Crippen molar-refractivity contribution in [1.82, 2.24) is 9.55 Å². The first kappa shape index (κ1) is 9.68. The van der Waals surface area contributed by atoms with Crippen LogP contribution in [0.5, 0.6) is 0 Å². The Bertz CT molecular complexity index is 464. The molecule has 2 rings (SSSR count). The lowest BCUT2D eigenvalue weighted by Gasteiger charge is -2.00. The van der Waals surface area contributed by atoms with Gasteiger partial charge in [-0.05, 0) is 18.2 Å². The number of imidazole rings is 1. The number of fused-ring (bicyclic) bond motifs is 1. The first-order chi connectivity index (χ1) is 6.72. The smallest absolute Gasteiger partial charge is 0.135 e. The molecule has 0 N–H and O–H groups in total. The van der Waals surface area contributed by atoms with E-state index in [1.54, 1.807) is 7.11 Å². The molecule has 0 amide bonds. The summed E-state index contributed by atoms with van der Waals surface area (Å²) in [6, 6.07) is 6.05. The van der Waals surface area contributed by atoms with Crippen LogP contribution >= 0.6 is 15.9 Å². The van der Waals surface area contributed by atoms with Gasteiger partial charge in [0.2, 0.25) is 0 Å². The molecule has 4 heteroatoms. The fraction of sp³-hybridized carbons (Fsp3) is 0.300. The Morgan fingerprint density at radius 1 is 1.50 bits per heavy atom. The topological polar surface area (TPSA) is 27.1 Å². The van der Waals surface area contributed by atoms with Gasteiger partial charge in [-0.15, -0.1) is 0 Å². The number of aromatic nitrogens is 2. The third kappa shape index (κ3) is 1.55. The van der Waals surface area contributed by atoms with Gasteiger partial charge >= 0.3 is 0 Å². The van der Waals surface area contributed by atoms with Crippen molar-refractivity contribution in [2.24, 2.45) is 7.05 Å². The van der Waals surface area contributed by atoms with E-state index in [9.17, 15) is 0 Å². The van der Waals surface area contributed by atoms with Crippen molar-refractivity contribution in [3.63, 3.8) is 0 Å². The van der Waals surface area contributed by atoms with Crippen LogP contribution in [0.4, 0.5) is 0 Å². The van der Waals surface area contributed by atoms with E-state index in [0.29, 0.717) is 6.61 Å². The summed E-state index contributed by atoms with van der Waals surface area (Å²) in [5.41, 5.74) is 2.12. The summed E-state index contributed by atoms with van der Waals surface area (Å²) in [6.45, 7) is 0.544. The number of benzene rings is 1. The average Bonchev–Trinajstić information content (AvgIpc) is 2.46. The van der Waals surface area contributed by atoms with Gasteiger partial charge in [0, 0.05) is 18.6 Å².